The Hall–Kier alpha value is -2.95. The second-order valence-electron chi connectivity index (χ2n) is 5.28. The molecule has 2 aromatic carbocycles. The molecule has 0 fully saturated rings. The summed E-state index contributed by atoms with van der Waals surface area (Å²) >= 11 is 0. The molecule has 0 aliphatic heterocycles. The third-order valence-corrected chi connectivity index (χ3v) is 3.36. The van der Waals surface area contributed by atoms with E-state index in [4.69, 9.17) is 4.42 Å². The molecule has 0 aliphatic rings. The Morgan fingerprint density at radius 3 is 2.70 bits per heavy atom. The van der Waals surface area contributed by atoms with Crippen molar-refractivity contribution in [2.45, 2.75) is 19.8 Å². The highest BCUT2D eigenvalue weighted by Crippen LogP contribution is 2.19. The maximum atomic E-state index is 11.9. The smallest absolute Gasteiger partial charge is 0.247 e. The predicted molar refractivity (Wildman–Crippen MR) is 87.9 cm³/mol. The normalized spacial score (nSPS) is 10.5. The second-order valence-corrected chi connectivity index (χ2v) is 5.28. The van der Waals surface area contributed by atoms with Gasteiger partial charge in [0.15, 0.2) is 0 Å². The van der Waals surface area contributed by atoms with Gasteiger partial charge >= 0.3 is 0 Å². The molecule has 1 amide bonds. The fraction of sp³-hybridized carbons (Fsp3) is 0.167. The Morgan fingerprint density at radius 2 is 1.91 bits per heavy atom. The highest BCUT2D eigenvalue weighted by Gasteiger charge is 2.10. The van der Waals surface area contributed by atoms with E-state index in [0.29, 0.717) is 24.6 Å². The van der Waals surface area contributed by atoms with Crippen molar-refractivity contribution in [2.75, 3.05) is 5.32 Å². The molecule has 0 unspecified atom stereocenters. The zero-order chi connectivity index (χ0) is 16.1. The first-order chi connectivity index (χ1) is 11.2. The first-order valence-corrected chi connectivity index (χ1v) is 7.45. The molecule has 5 heteroatoms. The van der Waals surface area contributed by atoms with Gasteiger partial charge in [0.1, 0.15) is 0 Å². The number of aryl methyl sites for hydroxylation is 2. The van der Waals surface area contributed by atoms with Gasteiger partial charge in [-0.1, -0.05) is 35.9 Å². The van der Waals surface area contributed by atoms with Crippen LogP contribution in [0.5, 0.6) is 0 Å². The minimum absolute atomic E-state index is 0.0773. The molecule has 5 nitrogen and oxygen atoms in total. The van der Waals surface area contributed by atoms with E-state index in [-0.39, 0.29) is 5.91 Å². The second kappa shape index (κ2) is 6.87. The lowest BCUT2D eigenvalue weighted by atomic mass is 10.1. The van der Waals surface area contributed by atoms with Crippen LogP contribution in [0.25, 0.3) is 11.5 Å². The van der Waals surface area contributed by atoms with Gasteiger partial charge in [0.2, 0.25) is 17.7 Å². The molecular formula is C18H17N3O2. The minimum atomic E-state index is -0.0773. The quantitative estimate of drug-likeness (QED) is 0.781. The summed E-state index contributed by atoms with van der Waals surface area (Å²) < 4.78 is 5.62. The van der Waals surface area contributed by atoms with E-state index in [1.807, 2.05) is 61.5 Å². The van der Waals surface area contributed by atoms with Gasteiger partial charge in [-0.25, -0.2) is 0 Å². The summed E-state index contributed by atoms with van der Waals surface area (Å²) in [4.78, 5) is 11.9. The molecule has 1 N–H and O–H groups in total. The first kappa shape index (κ1) is 15.0. The van der Waals surface area contributed by atoms with Gasteiger partial charge in [0, 0.05) is 24.1 Å². The molecule has 0 spiro atoms. The Balaban J connectivity index is 1.58. The van der Waals surface area contributed by atoms with E-state index in [1.165, 1.54) is 0 Å². The number of aromatic nitrogens is 2. The van der Waals surface area contributed by atoms with Crippen molar-refractivity contribution in [3.63, 3.8) is 0 Å². The Morgan fingerprint density at radius 1 is 1.09 bits per heavy atom. The molecular weight excluding hydrogens is 290 g/mol. The number of nitrogens with one attached hydrogen (secondary N) is 1. The van der Waals surface area contributed by atoms with Gasteiger partial charge in [-0.2, -0.15) is 0 Å². The number of hydrogen-bond donors (Lipinski definition) is 1. The van der Waals surface area contributed by atoms with Crippen LogP contribution in [0.1, 0.15) is 17.9 Å². The number of hydrogen-bond acceptors (Lipinski definition) is 4. The lowest BCUT2D eigenvalue weighted by molar-refractivity contribution is -0.116. The SMILES string of the molecule is Cc1cccc(-c2nnc(CCC(=O)Nc3ccccc3)o2)c1. The summed E-state index contributed by atoms with van der Waals surface area (Å²) in [7, 11) is 0. The van der Waals surface area contributed by atoms with E-state index in [2.05, 4.69) is 15.5 Å². The summed E-state index contributed by atoms with van der Waals surface area (Å²) in [6, 6.07) is 17.2. The van der Waals surface area contributed by atoms with Crippen LogP contribution in [0.4, 0.5) is 5.69 Å². The summed E-state index contributed by atoms with van der Waals surface area (Å²) in [5, 5.41) is 10.9. The van der Waals surface area contributed by atoms with Gasteiger partial charge in [-0.3, -0.25) is 4.79 Å². The topological polar surface area (TPSA) is 68.0 Å². The monoisotopic (exact) mass is 307 g/mol. The van der Waals surface area contributed by atoms with E-state index >= 15 is 0 Å². The lowest BCUT2D eigenvalue weighted by Crippen LogP contribution is -2.12. The highest BCUT2D eigenvalue weighted by atomic mass is 16.4. The number of carbonyl (C=O) groups is 1. The van der Waals surface area contributed by atoms with Gasteiger partial charge in [0.25, 0.3) is 0 Å². The number of carbonyl (C=O) groups excluding carboxylic acids is 1. The molecule has 0 atom stereocenters. The van der Waals surface area contributed by atoms with Gasteiger partial charge in [-0.05, 0) is 31.2 Å². The van der Waals surface area contributed by atoms with Crippen molar-refractivity contribution in [3.05, 3.63) is 66.1 Å². The maximum absolute atomic E-state index is 11.9. The van der Waals surface area contributed by atoms with Crippen LogP contribution in [0, 0.1) is 6.92 Å². The third-order valence-electron chi connectivity index (χ3n) is 3.36. The van der Waals surface area contributed by atoms with Crippen molar-refractivity contribution in [1.82, 2.24) is 10.2 Å². The standard InChI is InChI=1S/C18H17N3O2/c1-13-6-5-7-14(12-13)18-21-20-17(23-18)11-10-16(22)19-15-8-3-2-4-9-15/h2-9,12H,10-11H2,1H3,(H,19,22). The van der Waals surface area contributed by atoms with Crippen LogP contribution in [0.2, 0.25) is 0 Å². The maximum Gasteiger partial charge on any atom is 0.247 e. The highest BCUT2D eigenvalue weighted by molar-refractivity contribution is 5.90. The Kier molecular flexibility index (Phi) is 4.47. The van der Waals surface area contributed by atoms with Crippen molar-refractivity contribution >= 4 is 11.6 Å². The number of rotatable bonds is 5. The summed E-state index contributed by atoms with van der Waals surface area (Å²) in [5.74, 6) is 0.864. The molecule has 0 aliphatic carbocycles. The van der Waals surface area contributed by atoms with Crippen LogP contribution in [0.3, 0.4) is 0 Å². The summed E-state index contributed by atoms with van der Waals surface area (Å²) in [5.41, 5.74) is 2.80. The van der Waals surface area contributed by atoms with E-state index in [9.17, 15) is 4.79 Å². The molecule has 3 aromatic rings. The predicted octanol–water partition coefficient (Wildman–Crippen LogP) is 3.62. The molecule has 0 saturated carbocycles. The third kappa shape index (κ3) is 4.03. The zero-order valence-corrected chi connectivity index (χ0v) is 12.8. The molecule has 0 saturated heterocycles. The van der Waals surface area contributed by atoms with Gasteiger partial charge in [-0.15, -0.1) is 10.2 Å². The summed E-state index contributed by atoms with van der Waals surface area (Å²) in [6.45, 7) is 2.01. The Bertz CT molecular complexity index is 797. The minimum Gasteiger partial charge on any atom is -0.421 e. The van der Waals surface area contributed by atoms with E-state index < -0.39 is 0 Å². The molecule has 3 rings (SSSR count). The molecule has 116 valence electrons. The number of nitrogens with zero attached hydrogens (tertiary/aromatic N) is 2. The van der Waals surface area contributed by atoms with Crippen LogP contribution < -0.4 is 5.32 Å². The van der Waals surface area contributed by atoms with Gasteiger partial charge in [0.05, 0.1) is 0 Å². The fourth-order valence-corrected chi connectivity index (χ4v) is 2.21. The average Bonchev–Trinajstić information content (AvgIpc) is 3.03. The van der Waals surface area contributed by atoms with Crippen LogP contribution in [-0.4, -0.2) is 16.1 Å². The number of benzene rings is 2. The molecule has 0 bridgehead atoms. The average molecular weight is 307 g/mol. The number of anilines is 1. The van der Waals surface area contributed by atoms with Crippen molar-refractivity contribution in [3.8, 4) is 11.5 Å². The fourth-order valence-electron chi connectivity index (χ4n) is 2.21. The van der Waals surface area contributed by atoms with Crippen LogP contribution in [0.15, 0.2) is 59.0 Å². The van der Waals surface area contributed by atoms with Crippen molar-refractivity contribution in [1.29, 1.82) is 0 Å². The molecule has 1 aromatic heterocycles. The van der Waals surface area contributed by atoms with E-state index in [1.54, 1.807) is 0 Å². The summed E-state index contributed by atoms with van der Waals surface area (Å²) in [6.07, 6.45) is 0.710. The zero-order valence-electron chi connectivity index (χ0n) is 12.8. The van der Waals surface area contributed by atoms with E-state index in [0.717, 1.165) is 16.8 Å². The molecule has 0 radical (unpaired) electrons. The molecule has 23 heavy (non-hydrogen) atoms. The van der Waals surface area contributed by atoms with Crippen molar-refractivity contribution in [2.24, 2.45) is 0 Å². The van der Waals surface area contributed by atoms with Crippen LogP contribution in [-0.2, 0) is 11.2 Å². The lowest BCUT2D eigenvalue weighted by Gasteiger charge is -2.03. The molecule has 1 heterocycles. The van der Waals surface area contributed by atoms with Crippen LogP contribution >= 0.6 is 0 Å². The van der Waals surface area contributed by atoms with Crippen molar-refractivity contribution < 1.29 is 9.21 Å². The largest absolute Gasteiger partial charge is 0.421 e. The number of amides is 1. The van der Waals surface area contributed by atoms with Gasteiger partial charge < -0.3 is 9.73 Å². The first-order valence-electron chi connectivity index (χ1n) is 7.45. The Labute approximate surface area is 134 Å². The number of para-hydroxylation sites is 1.